The molecule has 0 aliphatic carbocycles. The zero-order valence-corrected chi connectivity index (χ0v) is 11.8. The van der Waals surface area contributed by atoms with Crippen LogP contribution < -0.4 is 10.6 Å². The molecule has 2 aromatic rings. The van der Waals surface area contributed by atoms with Gasteiger partial charge in [-0.05, 0) is 30.2 Å². The normalized spacial score (nSPS) is 10.1. The monoisotopic (exact) mass is 269 g/mol. The van der Waals surface area contributed by atoms with Crippen LogP contribution in [0.3, 0.4) is 0 Å². The second-order valence-electron chi connectivity index (χ2n) is 4.54. The molecule has 4 nitrogen and oxygen atoms in total. The van der Waals surface area contributed by atoms with Gasteiger partial charge in [0.15, 0.2) is 0 Å². The molecule has 0 aliphatic rings. The Kier molecular flexibility index (Phi) is 4.71. The van der Waals surface area contributed by atoms with Gasteiger partial charge >= 0.3 is 0 Å². The van der Waals surface area contributed by atoms with Gasteiger partial charge in [-0.1, -0.05) is 31.5 Å². The summed E-state index contributed by atoms with van der Waals surface area (Å²) >= 11 is 0. The first-order valence-corrected chi connectivity index (χ1v) is 6.77. The van der Waals surface area contributed by atoms with E-state index in [9.17, 15) is 4.79 Å². The third kappa shape index (κ3) is 3.35. The Balaban J connectivity index is 2.19. The third-order valence-corrected chi connectivity index (χ3v) is 3.07. The summed E-state index contributed by atoms with van der Waals surface area (Å²) in [7, 11) is 1.81. The second kappa shape index (κ2) is 6.70. The Morgan fingerprint density at radius 2 is 2.05 bits per heavy atom. The zero-order chi connectivity index (χ0) is 14.4. The molecule has 0 saturated heterocycles. The van der Waals surface area contributed by atoms with Crippen LogP contribution >= 0.6 is 0 Å². The molecule has 1 aromatic heterocycles. The van der Waals surface area contributed by atoms with Crippen LogP contribution in [0.4, 0.5) is 11.4 Å². The number of amides is 1. The van der Waals surface area contributed by atoms with E-state index in [4.69, 9.17) is 0 Å². The van der Waals surface area contributed by atoms with Crippen molar-refractivity contribution in [3.63, 3.8) is 0 Å². The number of anilines is 2. The number of carbonyl (C=O) groups is 1. The van der Waals surface area contributed by atoms with Crippen LogP contribution in [0, 0.1) is 0 Å². The quantitative estimate of drug-likeness (QED) is 0.875. The number of nitrogens with one attached hydrogen (secondary N) is 2. The molecule has 104 valence electrons. The minimum atomic E-state index is -0.189. The lowest BCUT2D eigenvalue weighted by molar-refractivity contribution is 0.102. The van der Waals surface area contributed by atoms with E-state index in [0.717, 1.165) is 29.8 Å². The lowest BCUT2D eigenvalue weighted by Gasteiger charge is -2.10. The molecule has 0 spiro atoms. The Morgan fingerprint density at radius 1 is 1.25 bits per heavy atom. The van der Waals surface area contributed by atoms with E-state index in [1.54, 1.807) is 12.3 Å². The first-order chi connectivity index (χ1) is 9.74. The van der Waals surface area contributed by atoms with Crippen molar-refractivity contribution in [3.8, 4) is 0 Å². The molecule has 0 aliphatic heterocycles. The number of carbonyl (C=O) groups excluding carboxylic acids is 1. The average Bonchev–Trinajstić information content (AvgIpc) is 2.49. The minimum absolute atomic E-state index is 0.189. The Bertz CT molecular complexity index is 596. The summed E-state index contributed by atoms with van der Waals surface area (Å²) in [6.45, 7) is 2.12. The number of pyridine rings is 1. The summed E-state index contributed by atoms with van der Waals surface area (Å²) in [6.07, 6.45) is 3.61. The van der Waals surface area contributed by atoms with E-state index >= 15 is 0 Å². The number of rotatable bonds is 5. The number of hydrogen-bond donors (Lipinski definition) is 2. The smallest absolute Gasteiger partial charge is 0.274 e. The standard InChI is InChI=1S/C16H19N3O/c1-3-6-12-7-4-5-8-14(12)19-16(20)15-11-13(17-2)9-10-18-15/h4-5,7-11H,3,6H2,1-2H3,(H,17,18)(H,19,20). The van der Waals surface area contributed by atoms with E-state index in [0.29, 0.717) is 5.69 Å². The molecule has 2 N–H and O–H groups in total. The van der Waals surface area contributed by atoms with Gasteiger partial charge in [-0.25, -0.2) is 0 Å². The highest BCUT2D eigenvalue weighted by atomic mass is 16.1. The molecular formula is C16H19N3O. The summed E-state index contributed by atoms with van der Waals surface area (Å²) in [5.41, 5.74) is 3.28. The van der Waals surface area contributed by atoms with Crippen molar-refractivity contribution in [3.05, 3.63) is 53.9 Å². The van der Waals surface area contributed by atoms with Crippen LogP contribution in [0.25, 0.3) is 0 Å². The van der Waals surface area contributed by atoms with Gasteiger partial charge in [0.2, 0.25) is 0 Å². The van der Waals surface area contributed by atoms with Crippen molar-refractivity contribution in [2.45, 2.75) is 19.8 Å². The van der Waals surface area contributed by atoms with Crippen LogP contribution in [0.15, 0.2) is 42.6 Å². The molecule has 0 bridgehead atoms. The molecule has 0 fully saturated rings. The number of benzene rings is 1. The van der Waals surface area contributed by atoms with Gasteiger partial charge < -0.3 is 10.6 Å². The van der Waals surface area contributed by atoms with Gasteiger partial charge in [-0.2, -0.15) is 0 Å². The lowest BCUT2D eigenvalue weighted by Crippen LogP contribution is -2.15. The second-order valence-corrected chi connectivity index (χ2v) is 4.54. The maximum atomic E-state index is 12.2. The van der Waals surface area contributed by atoms with Gasteiger partial charge in [0.1, 0.15) is 5.69 Å². The van der Waals surface area contributed by atoms with E-state index in [-0.39, 0.29) is 5.91 Å². The maximum absolute atomic E-state index is 12.2. The number of hydrogen-bond acceptors (Lipinski definition) is 3. The molecular weight excluding hydrogens is 250 g/mol. The molecule has 20 heavy (non-hydrogen) atoms. The van der Waals surface area contributed by atoms with E-state index in [2.05, 4.69) is 22.5 Å². The molecule has 0 unspecified atom stereocenters. The Morgan fingerprint density at radius 3 is 2.80 bits per heavy atom. The molecule has 0 radical (unpaired) electrons. The minimum Gasteiger partial charge on any atom is -0.388 e. The highest BCUT2D eigenvalue weighted by Gasteiger charge is 2.10. The fourth-order valence-electron chi connectivity index (χ4n) is 2.03. The van der Waals surface area contributed by atoms with Crippen LogP contribution in [-0.2, 0) is 6.42 Å². The van der Waals surface area contributed by atoms with Crippen LogP contribution in [-0.4, -0.2) is 17.9 Å². The van der Waals surface area contributed by atoms with Crippen molar-refractivity contribution in [2.24, 2.45) is 0 Å². The number of aryl methyl sites for hydroxylation is 1. The molecule has 1 amide bonds. The van der Waals surface area contributed by atoms with Crippen LogP contribution in [0.2, 0.25) is 0 Å². The molecule has 0 atom stereocenters. The first-order valence-electron chi connectivity index (χ1n) is 6.77. The average molecular weight is 269 g/mol. The zero-order valence-electron chi connectivity index (χ0n) is 11.8. The third-order valence-electron chi connectivity index (χ3n) is 3.07. The summed E-state index contributed by atoms with van der Waals surface area (Å²) in [6, 6.07) is 11.4. The van der Waals surface area contributed by atoms with Gasteiger partial charge in [0, 0.05) is 24.6 Å². The summed E-state index contributed by atoms with van der Waals surface area (Å²) in [5, 5.41) is 5.93. The predicted octanol–water partition coefficient (Wildman–Crippen LogP) is 3.33. The fourth-order valence-corrected chi connectivity index (χ4v) is 2.03. The lowest BCUT2D eigenvalue weighted by atomic mass is 10.1. The SMILES string of the molecule is CCCc1ccccc1NC(=O)c1cc(NC)ccn1. The van der Waals surface area contributed by atoms with Crippen molar-refractivity contribution in [1.29, 1.82) is 0 Å². The van der Waals surface area contributed by atoms with Crippen molar-refractivity contribution in [2.75, 3.05) is 17.7 Å². The van der Waals surface area contributed by atoms with Gasteiger partial charge in [0.25, 0.3) is 5.91 Å². The Hall–Kier alpha value is -2.36. The van der Waals surface area contributed by atoms with E-state index in [1.165, 1.54) is 0 Å². The van der Waals surface area contributed by atoms with Gasteiger partial charge in [0.05, 0.1) is 0 Å². The topological polar surface area (TPSA) is 54.0 Å². The van der Waals surface area contributed by atoms with Crippen LogP contribution in [0.5, 0.6) is 0 Å². The van der Waals surface area contributed by atoms with Crippen molar-refractivity contribution in [1.82, 2.24) is 4.98 Å². The van der Waals surface area contributed by atoms with Gasteiger partial charge in [-0.3, -0.25) is 9.78 Å². The maximum Gasteiger partial charge on any atom is 0.274 e. The predicted molar refractivity (Wildman–Crippen MR) is 82.2 cm³/mol. The summed E-state index contributed by atoms with van der Waals surface area (Å²) in [4.78, 5) is 16.3. The largest absolute Gasteiger partial charge is 0.388 e. The molecule has 0 saturated carbocycles. The number of para-hydroxylation sites is 1. The first kappa shape index (κ1) is 14.1. The summed E-state index contributed by atoms with van der Waals surface area (Å²) in [5.74, 6) is -0.189. The van der Waals surface area contributed by atoms with Crippen molar-refractivity contribution >= 4 is 17.3 Å². The van der Waals surface area contributed by atoms with Crippen LogP contribution in [0.1, 0.15) is 29.4 Å². The van der Waals surface area contributed by atoms with E-state index < -0.39 is 0 Å². The molecule has 1 aromatic carbocycles. The van der Waals surface area contributed by atoms with E-state index in [1.807, 2.05) is 37.4 Å². The summed E-state index contributed by atoms with van der Waals surface area (Å²) < 4.78 is 0. The number of aromatic nitrogens is 1. The molecule has 2 rings (SSSR count). The molecule has 1 heterocycles. The Labute approximate surface area is 119 Å². The van der Waals surface area contributed by atoms with Crippen molar-refractivity contribution < 1.29 is 4.79 Å². The highest BCUT2D eigenvalue weighted by Crippen LogP contribution is 2.18. The number of nitrogens with zero attached hydrogens (tertiary/aromatic N) is 1. The van der Waals surface area contributed by atoms with Gasteiger partial charge in [-0.15, -0.1) is 0 Å². The molecule has 4 heteroatoms. The highest BCUT2D eigenvalue weighted by molar-refractivity contribution is 6.03. The fraction of sp³-hybridized carbons (Fsp3) is 0.250.